The van der Waals surface area contributed by atoms with Crippen LogP contribution in [0.1, 0.15) is 39.7 Å². The second-order valence-corrected chi connectivity index (χ2v) is 6.95. The first-order valence-electron chi connectivity index (χ1n) is 9.74. The van der Waals surface area contributed by atoms with Gasteiger partial charge in [-0.2, -0.15) is 0 Å². The van der Waals surface area contributed by atoms with Gasteiger partial charge in [0, 0.05) is 31.0 Å². The lowest BCUT2D eigenvalue weighted by Gasteiger charge is -2.24. The average Bonchev–Trinajstić information content (AvgIpc) is 3.29. The Hall–Kier alpha value is -3.74. The maximum atomic E-state index is 13.2. The molecule has 0 saturated carbocycles. The van der Waals surface area contributed by atoms with E-state index in [1.54, 1.807) is 48.9 Å². The van der Waals surface area contributed by atoms with Crippen LogP contribution in [0.15, 0.2) is 73.3 Å². The van der Waals surface area contributed by atoms with E-state index in [-0.39, 0.29) is 11.5 Å². The highest BCUT2D eigenvalue weighted by atomic mass is 16.2. The van der Waals surface area contributed by atoms with Gasteiger partial charge in [-0.25, -0.2) is 4.98 Å². The molecule has 7 heteroatoms. The second kappa shape index (κ2) is 10.2. The molecule has 0 aliphatic rings. The van der Waals surface area contributed by atoms with Gasteiger partial charge in [0.05, 0.1) is 18.2 Å². The van der Waals surface area contributed by atoms with Crippen LogP contribution in [0.4, 0.5) is 0 Å². The van der Waals surface area contributed by atoms with E-state index in [9.17, 15) is 14.4 Å². The number of nitrogens with zero attached hydrogens (tertiary/aromatic N) is 2. The highest BCUT2D eigenvalue weighted by molar-refractivity contribution is 5.97. The lowest BCUT2D eigenvalue weighted by atomic mass is 9.79. The molecule has 0 saturated heterocycles. The summed E-state index contributed by atoms with van der Waals surface area (Å²) in [5.41, 5.74) is 6.89. The van der Waals surface area contributed by atoms with Crippen LogP contribution in [0.2, 0.25) is 0 Å². The molecular weight excluding hydrogens is 380 g/mol. The number of imidazole rings is 1. The van der Waals surface area contributed by atoms with Gasteiger partial charge in [0.25, 0.3) is 0 Å². The predicted molar refractivity (Wildman–Crippen MR) is 113 cm³/mol. The summed E-state index contributed by atoms with van der Waals surface area (Å²) >= 11 is 0. The summed E-state index contributed by atoms with van der Waals surface area (Å²) in [7, 11) is 0. The number of hydrogen-bond acceptors (Lipinski definition) is 4. The molecule has 0 aliphatic carbocycles. The average molecular weight is 404 g/mol. The molecule has 1 aromatic heterocycles. The van der Waals surface area contributed by atoms with E-state index in [1.807, 2.05) is 29.0 Å². The number of hydrogen-bond donors (Lipinski definition) is 2. The number of aromatic nitrogens is 2. The van der Waals surface area contributed by atoms with Crippen LogP contribution in [0.3, 0.4) is 0 Å². The Morgan fingerprint density at radius 2 is 1.83 bits per heavy atom. The molecule has 154 valence electrons. The Kier molecular flexibility index (Phi) is 7.10. The molecule has 0 fully saturated rings. The number of carbonyl (C=O) groups is 3. The maximum Gasteiger partial charge on any atom is 0.249 e. The zero-order chi connectivity index (χ0) is 21.3. The van der Waals surface area contributed by atoms with Crippen molar-refractivity contribution in [2.75, 3.05) is 6.54 Å². The van der Waals surface area contributed by atoms with Gasteiger partial charge in [0.2, 0.25) is 11.8 Å². The highest BCUT2D eigenvalue weighted by Crippen LogP contribution is 2.33. The van der Waals surface area contributed by atoms with Crippen LogP contribution < -0.4 is 11.1 Å². The summed E-state index contributed by atoms with van der Waals surface area (Å²) in [6, 6.07) is 15.7. The first-order valence-corrected chi connectivity index (χ1v) is 9.74. The first-order chi connectivity index (χ1) is 14.6. The summed E-state index contributed by atoms with van der Waals surface area (Å²) < 4.78 is 1.93. The van der Waals surface area contributed by atoms with Crippen molar-refractivity contribution in [1.29, 1.82) is 0 Å². The lowest BCUT2D eigenvalue weighted by Crippen LogP contribution is -2.35. The molecule has 7 nitrogen and oxygen atoms in total. The zero-order valence-corrected chi connectivity index (χ0v) is 16.5. The number of nitrogens with two attached hydrogens (primary N) is 1. The van der Waals surface area contributed by atoms with Gasteiger partial charge in [-0.15, -0.1) is 0 Å². The molecule has 3 aromatic rings. The van der Waals surface area contributed by atoms with Crippen LogP contribution in [0, 0.1) is 0 Å². The number of aldehydes is 1. The van der Waals surface area contributed by atoms with Crippen LogP contribution in [0.5, 0.6) is 0 Å². The third kappa shape index (κ3) is 5.00. The fourth-order valence-electron chi connectivity index (χ4n) is 3.53. The Balaban J connectivity index is 1.83. The molecular formula is C23H24N4O3. The standard InChI is InChI=1S/C23H24N4O3/c24-22(29)19-10-5-4-9-18(19)20(15-28)21(17-7-2-1-3-8-17)23(30)26-11-6-13-27-14-12-25-16-27/h1-5,7-10,12,14-16,20-21H,6,11,13H2,(H2,24,29)(H,26,30). The van der Waals surface area contributed by atoms with Gasteiger partial charge in [-0.3, -0.25) is 9.59 Å². The molecule has 0 radical (unpaired) electrons. The molecule has 2 amide bonds. The number of carbonyl (C=O) groups excluding carboxylic acids is 3. The predicted octanol–water partition coefficient (Wildman–Crippen LogP) is 2.25. The Morgan fingerprint density at radius 3 is 2.50 bits per heavy atom. The quantitative estimate of drug-likeness (QED) is 0.399. The second-order valence-electron chi connectivity index (χ2n) is 6.95. The van der Waals surface area contributed by atoms with E-state index in [2.05, 4.69) is 10.3 Å². The number of aryl methyl sites for hydroxylation is 1. The Bertz CT molecular complexity index is 987. The normalized spacial score (nSPS) is 12.7. The summed E-state index contributed by atoms with van der Waals surface area (Å²) in [6.07, 6.45) is 6.71. The van der Waals surface area contributed by atoms with Crippen molar-refractivity contribution in [3.8, 4) is 0 Å². The van der Waals surface area contributed by atoms with Crippen LogP contribution in [-0.2, 0) is 16.1 Å². The van der Waals surface area contributed by atoms with Crippen molar-refractivity contribution in [3.05, 3.63) is 90.0 Å². The van der Waals surface area contributed by atoms with Crippen molar-refractivity contribution < 1.29 is 14.4 Å². The molecule has 2 aromatic carbocycles. The SMILES string of the molecule is NC(=O)c1ccccc1C(C=O)C(C(=O)NCCCn1ccnc1)c1ccccc1. The lowest BCUT2D eigenvalue weighted by molar-refractivity contribution is -0.125. The van der Waals surface area contributed by atoms with Crippen molar-refractivity contribution in [1.82, 2.24) is 14.9 Å². The minimum absolute atomic E-state index is 0.239. The summed E-state index contributed by atoms with van der Waals surface area (Å²) in [4.78, 5) is 41.2. The van der Waals surface area contributed by atoms with Gasteiger partial charge in [-0.05, 0) is 23.6 Å². The summed E-state index contributed by atoms with van der Waals surface area (Å²) in [5, 5.41) is 2.93. The molecule has 2 atom stereocenters. The van der Waals surface area contributed by atoms with Crippen LogP contribution in [-0.4, -0.2) is 34.2 Å². The number of primary amides is 1. The van der Waals surface area contributed by atoms with Gasteiger partial charge in [-0.1, -0.05) is 48.5 Å². The molecule has 3 N–H and O–H groups in total. The minimum atomic E-state index is -0.843. The van der Waals surface area contributed by atoms with E-state index < -0.39 is 17.7 Å². The summed E-state index contributed by atoms with van der Waals surface area (Å²) in [6.45, 7) is 1.17. The fourth-order valence-corrected chi connectivity index (χ4v) is 3.53. The third-order valence-electron chi connectivity index (χ3n) is 4.98. The highest BCUT2D eigenvalue weighted by Gasteiger charge is 2.32. The number of benzene rings is 2. The fraction of sp³-hybridized carbons (Fsp3) is 0.217. The van der Waals surface area contributed by atoms with Gasteiger partial charge in [0.15, 0.2) is 0 Å². The number of amides is 2. The molecule has 30 heavy (non-hydrogen) atoms. The molecule has 1 heterocycles. The van der Waals surface area contributed by atoms with E-state index >= 15 is 0 Å². The molecule has 0 aliphatic heterocycles. The molecule has 0 spiro atoms. The monoisotopic (exact) mass is 404 g/mol. The van der Waals surface area contributed by atoms with Crippen molar-refractivity contribution >= 4 is 18.1 Å². The van der Waals surface area contributed by atoms with Gasteiger partial charge in [0.1, 0.15) is 6.29 Å². The van der Waals surface area contributed by atoms with E-state index in [1.165, 1.54) is 0 Å². The molecule has 0 bridgehead atoms. The molecule has 3 rings (SSSR count). The molecule has 2 unspecified atom stereocenters. The third-order valence-corrected chi connectivity index (χ3v) is 4.98. The summed E-state index contributed by atoms with van der Waals surface area (Å²) in [5.74, 6) is -2.53. The largest absolute Gasteiger partial charge is 0.366 e. The van der Waals surface area contributed by atoms with E-state index in [4.69, 9.17) is 5.73 Å². The van der Waals surface area contributed by atoms with Crippen molar-refractivity contribution in [2.45, 2.75) is 24.8 Å². The maximum absolute atomic E-state index is 13.2. The number of rotatable bonds is 10. The topological polar surface area (TPSA) is 107 Å². The van der Waals surface area contributed by atoms with E-state index in [0.717, 1.165) is 6.54 Å². The van der Waals surface area contributed by atoms with Crippen LogP contribution >= 0.6 is 0 Å². The van der Waals surface area contributed by atoms with Crippen LogP contribution in [0.25, 0.3) is 0 Å². The Labute approximate surface area is 174 Å². The van der Waals surface area contributed by atoms with Gasteiger partial charge < -0.3 is 20.4 Å². The zero-order valence-electron chi connectivity index (χ0n) is 16.5. The minimum Gasteiger partial charge on any atom is -0.366 e. The smallest absolute Gasteiger partial charge is 0.249 e. The van der Waals surface area contributed by atoms with E-state index in [0.29, 0.717) is 30.4 Å². The Morgan fingerprint density at radius 1 is 1.10 bits per heavy atom. The van der Waals surface area contributed by atoms with Crippen molar-refractivity contribution in [3.63, 3.8) is 0 Å². The van der Waals surface area contributed by atoms with Gasteiger partial charge >= 0.3 is 0 Å². The first kappa shape index (κ1) is 21.0. The van der Waals surface area contributed by atoms with Crippen molar-refractivity contribution in [2.24, 2.45) is 5.73 Å². The number of nitrogens with one attached hydrogen (secondary N) is 1.